The highest BCUT2D eigenvalue weighted by Gasteiger charge is 2.36. The fourth-order valence-corrected chi connectivity index (χ4v) is 2.19. The number of nitrogens with two attached hydrogens (primary N) is 1. The van der Waals surface area contributed by atoms with Gasteiger partial charge in [0.15, 0.2) is 0 Å². The van der Waals surface area contributed by atoms with Crippen LogP contribution in [0.4, 0.5) is 5.69 Å². The highest BCUT2D eigenvalue weighted by molar-refractivity contribution is 6.34. The third-order valence-corrected chi connectivity index (χ3v) is 3.17. The van der Waals surface area contributed by atoms with E-state index in [0.29, 0.717) is 35.7 Å². The van der Waals surface area contributed by atoms with E-state index in [9.17, 15) is 9.59 Å². The van der Waals surface area contributed by atoms with E-state index in [1.165, 1.54) is 12.4 Å². The van der Waals surface area contributed by atoms with Crippen molar-refractivity contribution in [3.8, 4) is 5.75 Å². The number of nitrogens with zero attached hydrogens (tertiary/aromatic N) is 2. The Morgan fingerprint density at radius 3 is 2.43 bits per heavy atom. The second kappa shape index (κ2) is 5.34. The lowest BCUT2D eigenvalue weighted by molar-refractivity contribution is 0.0926. The zero-order chi connectivity index (χ0) is 14.8. The van der Waals surface area contributed by atoms with E-state index in [0.717, 1.165) is 4.90 Å². The van der Waals surface area contributed by atoms with Crippen molar-refractivity contribution in [2.45, 2.75) is 0 Å². The van der Waals surface area contributed by atoms with E-state index < -0.39 is 0 Å². The molecule has 6 nitrogen and oxygen atoms in total. The molecule has 0 atom stereocenters. The molecule has 0 unspecified atom stereocenters. The fourth-order valence-electron chi connectivity index (χ4n) is 2.19. The molecular weight excluding hydrogens is 270 g/mol. The second-order valence-electron chi connectivity index (χ2n) is 4.50. The Labute approximate surface area is 121 Å². The van der Waals surface area contributed by atoms with Crippen LogP contribution in [0.3, 0.4) is 0 Å². The predicted octanol–water partition coefficient (Wildman–Crippen LogP) is 1.22. The number of hydrogen-bond acceptors (Lipinski definition) is 5. The van der Waals surface area contributed by atoms with Gasteiger partial charge in [0, 0.05) is 18.9 Å². The van der Waals surface area contributed by atoms with Gasteiger partial charge in [-0.1, -0.05) is 0 Å². The SMILES string of the molecule is NCCOc1ccc(N2C(=O)c3ccncc3C2=O)cc1. The number of pyridine rings is 1. The molecule has 1 aliphatic heterocycles. The van der Waals surface area contributed by atoms with Gasteiger partial charge in [0.05, 0.1) is 16.8 Å². The summed E-state index contributed by atoms with van der Waals surface area (Å²) >= 11 is 0. The maximum atomic E-state index is 12.3. The van der Waals surface area contributed by atoms with Gasteiger partial charge in [-0.3, -0.25) is 14.6 Å². The van der Waals surface area contributed by atoms with Gasteiger partial charge in [-0.2, -0.15) is 0 Å². The van der Waals surface area contributed by atoms with Gasteiger partial charge < -0.3 is 10.5 Å². The first-order valence-corrected chi connectivity index (χ1v) is 6.48. The number of benzene rings is 1. The molecule has 1 aromatic carbocycles. The van der Waals surface area contributed by atoms with Crippen LogP contribution in [0, 0.1) is 0 Å². The first kappa shape index (κ1) is 13.3. The minimum absolute atomic E-state index is 0.325. The quantitative estimate of drug-likeness (QED) is 0.853. The fraction of sp³-hybridized carbons (Fsp3) is 0.133. The van der Waals surface area contributed by atoms with Crippen molar-refractivity contribution < 1.29 is 14.3 Å². The Hall–Kier alpha value is -2.73. The Balaban J connectivity index is 1.88. The van der Waals surface area contributed by atoms with Crippen molar-refractivity contribution in [2.75, 3.05) is 18.1 Å². The third kappa shape index (κ3) is 2.25. The summed E-state index contributed by atoms with van der Waals surface area (Å²) in [6.45, 7) is 0.838. The highest BCUT2D eigenvalue weighted by Crippen LogP contribution is 2.28. The standard InChI is InChI=1S/C15H13N3O3/c16-6-8-21-11-3-1-10(2-4-11)18-14(19)12-5-7-17-9-13(12)15(18)20/h1-5,7,9H,6,8,16H2. The van der Waals surface area contributed by atoms with Gasteiger partial charge in [0.2, 0.25) is 0 Å². The topological polar surface area (TPSA) is 85.5 Å². The smallest absolute Gasteiger partial charge is 0.267 e. The molecule has 2 N–H and O–H groups in total. The summed E-state index contributed by atoms with van der Waals surface area (Å²) in [6.07, 6.45) is 2.91. The summed E-state index contributed by atoms with van der Waals surface area (Å²) in [5, 5.41) is 0. The Morgan fingerprint density at radius 2 is 1.76 bits per heavy atom. The Bertz CT molecular complexity index is 663. The molecule has 2 aromatic rings. The van der Waals surface area contributed by atoms with Gasteiger partial charge in [-0.25, -0.2) is 4.90 Å². The minimum Gasteiger partial charge on any atom is -0.492 e. The summed E-state index contributed by atoms with van der Waals surface area (Å²) in [4.78, 5) is 29.6. The van der Waals surface area contributed by atoms with Crippen LogP contribution in [-0.2, 0) is 0 Å². The first-order chi connectivity index (χ1) is 10.2. The molecule has 0 spiro atoms. The van der Waals surface area contributed by atoms with Crippen molar-refractivity contribution in [3.05, 3.63) is 53.9 Å². The number of ether oxygens (including phenoxy) is 1. The molecule has 0 bridgehead atoms. The molecule has 6 heteroatoms. The minimum atomic E-state index is -0.362. The van der Waals surface area contributed by atoms with Crippen molar-refractivity contribution in [1.29, 1.82) is 0 Å². The van der Waals surface area contributed by atoms with Crippen molar-refractivity contribution in [2.24, 2.45) is 5.73 Å². The molecule has 3 rings (SSSR count). The molecule has 2 heterocycles. The third-order valence-electron chi connectivity index (χ3n) is 3.17. The van der Waals surface area contributed by atoms with Crippen molar-refractivity contribution in [1.82, 2.24) is 4.98 Å². The van der Waals surface area contributed by atoms with E-state index in [1.807, 2.05) is 0 Å². The zero-order valence-electron chi connectivity index (χ0n) is 11.2. The number of anilines is 1. The van der Waals surface area contributed by atoms with Crippen LogP contribution in [0.15, 0.2) is 42.7 Å². The van der Waals surface area contributed by atoms with Gasteiger partial charge >= 0.3 is 0 Å². The van der Waals surface area contributed by atoms with Crippen molar-refractivity contribution >= 4 is 17.5 Å². The first-order valence-electron chi connectivity index (χ1n) is 6.48. The second-order valence-corrected chi connectivity index (χ2v) is 4.50. The van der Waals surface area contributed by atoms with Crippen LogP contribution >= 0.6 is 0 Å². The summed E-state index contributed by atoms with van der Waals surface area (Å²) in [6, 6.07) is 8.29. The van der Waals surface area contributed by atoms with Crippen LogP contribution in [0.5, 0.6) is 5.75 Å². The zero-order valence-corrected chi connectivity index (χ0v) is 11.2. The van der Waals surface area contributed by atoms with Crippen LogP contribution in [0.2, 0.25) is 0 Å². The molecule has 0 saturated heterocycles. The number of aromatic nitrogens is 1. The lowest BCUT2D eigenvalue weighted by Gasteiger charge is -2.14. The number of carbonyl (C=O) groups excluding carboxylic acids is 2. The number of amides is 2. The highest BCUT2D eigenvalue weighted by atomic mass is 16.5. The molecule has 0 aliphatic carbocycles. The number of rotatable bonds is 4. The summed E-state index contributed by atoms with van der Waals surface area (Å²) in [7, 11) is 0. The molecular formula is C15H13N3O3. The maximum absolute atomic E-state index is 12.3. The molecule has 1 aromatic heterocycles. The van der Waals surface area contributed by atoms with E-state index in [1.54, 1.807) is 30.3 Å². The average molecular weight is 283 g/mol. The largest absolute Gasteiger partial charge is 0.492 e. The van der Waals surface area contributed by atoms with Crippen LogP contribution in [0.1, 0.15) is 20.7 Å². The summed E-state index contributed by atoms with van der Waals surface area (Å²) < 4.78 is 5.36. The van der Waals surface area contributed by atoms with Gasteiger partial charge in [-0.05, 0) is 30.3 Å². The van der Waals surface area contributed by atoms with Crippen LogP contribution in [-0.4, -0.2) is 29.9 Å². The lowest BCUT2D eigenvalue weighted by atomic mass is 10.2. The number of fused-ring (bicyclic) bond motifs is 1. The molecule has 0 fully saturated rings. The van der Waals surface area contributed by atoms with Gasteiger partial charge in [-0.15, -0.1) is 0 Å². The van der Waals surface area contributed by atoms with E-state index >= 15 is 0 Å². The maximum Gasteiger partial charge on any atom is 0.267 e. The normalized spacial score (nSPS) is 13.5. The monoisotopic (exact) mass is 283 g/mol. The summed E-state index contributed by atoms with van der Waals surface area (Å²) in [5.74, 6) is -0.0609. The van der Waals surface area contributed by atoms with E-state index in [4.69, 9.17) is 10.5 Å². The predicted molar refractivity (Wildman–Crippen MR) is 76.4 cm³/mol. The van der Waals surface area contributed by atoms with Crippen molar-refractivity contribution in [3.63, 3.8) is 0 Å². The number of hydrogen-bond donors (Lipinski definition) is 1. The van der Waals surface area contributed by atoms with E-state index in [2.05, 4.69) is 4.98 Å². The molecule has 106 valence electrons. The number of carbonyl (C=O) groups is 2. The summed E-state index contributed by atoms with van der Waals surface area (Å²) in [5.41, 5.74) is 6.56. The molecule has 0 radical (unpaired) electrons. The van der Waals surface area contributed by atoms with Gasteiger partial charge in [0.25, 0.3) is 11.8 Å². The lowest BCUT2D eigenvalue weighted by Crippen LogP contribution is -2.29. The average Bonchev–Trinajstić information content (AvgIpc) is 2.78. The molecule has 0 saturated carbocycles. The Morgan fingerprint density at radius 1 is 1.05 bits per heavy atom. The Kier molecular flexibility index (Phi) is 3.37. The van der Waals surface area contributed by atoms with E-state index in [-0.39, 0.29) is 11.8 Å². The van der Waals surface area contributed by atoms with Gasteiger partial charge in [0.1, 0.15) is 12.4 Å². The van der Waals surface area contributed by atoms with Crippen LogP contribution < -0.4 is 15.4 Å². The molecule has 2 amide bonds. The molecule has 1 aliphatic rings. The van der Waals surface area contributed by atoms with Crippen LogP contribution in [0.25, 0.3) is 0 Å². The number of imide groups is 1. The molecule has 21 heavy (non-hydrogen) atoms.